The van der Waals surface area contributed by atoms with Crippen molar-refractivity contribution in [2.45, 2.75) is 12.8 Å². The third kappa shape index (κ3) is 5.04. The van der Waals surface area contributed by atoms with Gasteiger partial charge >= 0.3 is 12.1 Å². The van der Waals surface area contributed by atoms with E-state index < -0.39 is 23.7 Å². The van der Waals surface area contributed by atoms with Crippen LogP contribution in [0.25, 0.3) is 16.8 Å². The van der Waals surface area contributed by atoms with Crippen LogP contribution in [0.4, 0.5) is 17.6 Å². The van der Waals surface area contributed by atoms with Crippen LogP contribution in [0.2, 0.25) is 5.02 Å². The fourth-order valence-electron chi connectivity index (χ4n) is 3.27. The molecule has 0 saturated carbocycles. The highest BCUT2D eigenvalue weighted by molar-refractivity contribution is 6.32. The van der Waals surface area contributed by atoms with Crippen molar-refractivity contribution < 1.29 is 32.2 Å². The molecule has 0 unspecified atom stereocenters. The molecular weight excluding hydrogens is 476 g/mol. The summed E-state index contributed by atoms with van der Waals surface area (Å²) in [6.07, 6.45) is -4.65. The fourth-order valence-corrected chi connectivity index (χ4v) is 3.49. The van der Waals surface area contributed by atoms with Crippen molar-refractivity contribution in [1.29, 1.82) is 0 Å². The molecule has 0 atom stereocenters. The van der Waals surface area contributed by atoms with Crippen molar-refractivity contribution in [3.05, 3.63) is 101 Å². The molecule has 0 saturated heterocycles. The highest BCUT2D eigenvalue weighted by atomic mass is 35.5. The van der Waals surface area contributed by atoms with Gasteiger partial charge in [-0.25, -0.2) is 13.9 Å². The minimum absolute atomic E-state index is 0.126. The van der Waals surface area contributed by atoms with Crippen molar-refractivity contribution in [3.8, 4) is 22.6 Å². The quantitative estimate of drug-likeness (QED) is 0.308. The first kappa shape index (κ1) is 23.3. The summed E-state index contributed by atoms with van der Waals surface area (Å²) in [7, 11) is 0. The Morgan fingerprint density at radius 2 is 1.71 bits per heavy atom. The third-order valence-corrected chi connectivity index (χ3v) is 5.19. The third-order valence-electron chi connectivity index (χ3n) is 4.87. The maximum absolute atomic E-state index is 13.8. The molecule has 0 aliphatic heterocycles. The minimum atomic E-state index is -4.65. The van der Waals surface area contributed by atoms with E-state index in [1.54, 1.807) is 36.4 Å². The predicted octanol–water partition coefficient (Wildman–Crippen LogP) is 6.63. The average Bonchev–Trinajstić information content (AvgIpc) is 3.22. The van der Waals surface area contributed by atoms with Gasteiger partial charge < -0.3 is 9.84 Å². The van der Waals surface area contributed by atoms with Crippen molar-refractivity contribution in [2.75, 3.05) is 0 Å². The summed E-state index contributed by atoms with van der Waals surface area (Å²) in [6, 6.07) is 16.9. The number of rotatable bonds is 6. The minimum Gasteiger partial charge on any atom is -0.487 e. The lowest BCUT2D eigenvalue weighted by Crippen LogP contribution is -2.08. The molecule has 0 radical (unpaired) electrons. The Kier molecular flexibility index (Phi) is 6.30. The maximum atomic E-state index is 13.8. The van der Waals surface area contributed by atoms with E-state index in [4.69, 9.17) is 21.4 Å². The molecule has 4 rings (SSSR count). The number of benzene rings is 3. The van der Waals surface area contributed by atoms with Crippen molar-refractivity contribution in [1.82, 2.24) is 9.78 Å². The van der Waals surface area contributed by atoms with E-state index in [2.05, 4.69) is 5.10 Å². The number of carbonyl (C=O) groups is 1. The van der Waals surface area contributed by atoms with Gasteiger partial charge in [0.1, 0.15) is 18.2 Å². The van der Waals surface area contributed by atoms with Crippen LogP contribution in [0.5, 0.6) is 5.75 Å². The molecule has 1 aromatic heterocycles. The Bertz CT molecular complexity index is 1350. The van der Waals surface area contributed by atoms with E-state index >= 15 is 0 Å². The number of carboxylic acids is 1. The summed E-state index contributed by atoms with van der Waals surface area (Å²) >= 11 is 6.14. The number of nitrogens with zero attached hydrogens (tertiary/aromatic N) is 2. The van der Waals surface area contributed by atoms with E-state index in [0.717, 1.165) is 16.8 Å². The summed E-state index contributed by atoms with van der Waals surface area (Å²) in [5, 5.41) is 13.0. The topological polar surface area (TPSA) is 64.3 Å². The molecular formula is C24H15ClF4N2O3. The summed E-state index contributed by atoms with van der Waals surface area (Å²) in [4.78, 5) is 11.2. The summed E-state index contributed by atoms with van der Waals surface area (Å²) < 4.78 is 60.3. The molecule has 1 N–H and O–H groups in total. The zero-order valence-electron chi connectivity index (χ0n) is 17.2. The number of carboxylic acid groups (broad SMARTS) is 1. The molecule has 1 heterocycles. The Morgan fingerprint density at radius 3 is 2.35 bits per heavy atom. The average molecular weight is 491 g/mol. The Balaban J connectivity index is 1.58. The molecule has 3 aromatic carbocycles. The van der Waals surface area contributed by atoms with Crippen LogP contribution in [0, 0.1) is 5.82 Å². The first-order valence-corrected chi connectivity index (χ1v) is 10.2. The highest BCUT2D eigenvalue weighted by Gasteiger charge is 2.35. The van der Waals surface area contributed by atoms with Gasteiger partial charge in [-0.2, -0.15) is 18.3 Å². The Morgan fingerprint density at radius 1 is 1.00 bits per heavy atom. The van der Waals surface area contributed by atoms with Crippen LogP contribution in [0.3, 0.4) is 0 Å². The molecule has 5 nitrogen and oxygen atoms in total. The summed E-state index contributed by atoms with van der Waals surface area (Å²) in [6.45, 7) is -0.239. The number of hydrogen-bond acceptors (Lipinski definition) is 3. The molecule has 4 aromatic rings. The van der Waals surface area contributed by atoms with Crippen molar-refractivity contribution in [2.24, 2.45) is 0 Å². The molecule has 0 aliphatic carbocycles. The van der Waals surface area contributed by atoms with Gasteiger partial charge in [0.15, 0.2) is 5.69 Å². The SMILES string of the molecule is O=C(O)c1cc(F)cc(-c2ccc(OCc3cc(C(F)(F)F)nn3-c3ccccc3Cl)cc2)c1. The highest BCUT2D eigenvalue weighted by Crippen LogP contribution is 2.31. The largest absolute Gasteiger partial charge is 0.487 e. The van der Waals surface area contributed by atoms with Gasteiger partial charge in [0.25, 0.3) is 0 Å². The molecule has 0 amide bonds. The normalized spacial score (nSPS) is 11.4. The van der Waals surface area contributed by atoms with Crippen LogP contribution in [0.15, 0.2) is 72.8 Å². The van der Waals surface area contributed by atoms with Crippen LogP contribution < -0.4 is 4.74 Å². The fraction of sp³-hybridized carbons (Fsp3) is 0.0833. The lowest BCUT2D eigenvalue weighted by Gasteiger charge is -2.11. The summed E-state index contributed by atoms with van der Waals surface area (Å²) in [5.74, 6) is -1.61. The zero-order chi connectivity index (χ0) is 24.5. The number of halogens is 5. The molecule has 0 spiro atoms. The van der Waals surface area contributed by atoms with Crippen LogP contribution in [-0.4, -0.2) is 20.9 Å². The first-order valence-electron chi connectivity index (χ1n) is 9.80. The zero-order valence-corrected chi connectivity index (χ0v) is 17.9. The van der Waals surface area contributed by atoms with Gasteiger partial charge in [0, 0.05) is 0 Å². The van der Waals surface area contributed by atoms with Crippen LogP contribution in [0.1, 0.15) is 21.7 Å². The summed E-state index contributed by atoms with van der Waals surface area (Å²) in [5.41, 5.74) is 0.0189. The molecule has 0 bridgehead atoms. The second-order valence-corrected chi connectivity index (χ2v) is 7.64. The van der Waals surface area contributed by atoms with Gasteiger partial charge in [-0.3, -0.25) is 0 Å². The van der Waals surface area contributed by atoms with Gasteiger partial charge in [0.2, 0.25) is 0 Å². The number of aromatic carboxylic acids is 1. The predicted molar refractivity (Wildman–Crippen MR) is 117 cm³/mol. The van der Waals surface area contributed by atoms with E-state index in [0.29, 0.717) is 16.9 Å². The van der Waals surface area contributed by atoms with E-state index in [-0.39, 0.29) is 28.6 Å². The van der Waals surface area contributed by atoms with Gasteiger partial charge in [-0.05, 0) is 59.7 Å². The van der Waals surface area contributed by atoms with E-state index in [1.165, 1.54) is 24.3 Å². The molecule has 34 heavy (non-hydrogen) atoms. The Labute approximate surface area is 195 Å². The monoisotopic (exact) mass is 490 g/mol. The number of alkyl halides is 3. The Hall–Kier alpha value is -3.85. The number of para-hydroxylation sites is 1. The molecule has 174 valence electrons. The van der Waals surface area contributed by atoms with Gasteiger partial charge in [-0.1, -0.05) is 35.9 Å². The number of ether oxygens (including phenoxy) is 1. The second kappa shape index (κ2) is 9.18. The molecule has 0 aliphatic rings. The second-order valence-electron chi connectivity index (χ2n) is 7.23. The maximum Gasteiger partial charge on any atom is 0.435 e. The lowest BCUT2D eigenvalue weighted by atomic mass is 10.0. The number of aromatic nitrogens is 2. The van der Waals surface area contributed by atoms with Crippen LogP contribution >= 0.6 is 11.6 Å². The number of hydrogen-bond donors (Lipinski definition) is 1. The van der Waals surface area contributed by atoms with Crippen molar-refractivity contribution in [3.63, 3.8) is 0 Å². The molecule has 10 heteroatoms. The lowest BCUT2D eigenvalue weighted by molar-refractivity contribution is -0.141. The smallest absolute Gasteiger partial charge is 0.435 e. The first-order chi connectivity index (χ1) is 16.1. The van der Waals surface area contributed by atoms with Crippen LogP contribution in [-0.2, 0) is 12.8 Å². The van der Waals surface area contributed by atoms with E-state index in [1.807, 2.05) is 0 Å². The van der Waals surface area contributed by atoms with Gasteiger partial charge in [-0.15, -0.1) is 0 Å². The molecule has 0 fully saturated rings. The van der Waals surface area contributed by atoms with Gasteiger partial charge in [0.05, 0.1) is 22.0 Å². The van der Waals surface area contributed by atoms with E-state index in [9.17, 15) is 22.4 Å². The standard InChI is InChI=1S/C24H15ClF4N2O3/c25-20-3-1-2-4-21(20)31-18(12-22(30-31)24(27,28)29)13-34-19-7-5-14(6-8-19)15-9-16(23(32)33)11-17(26)10-15/h1-12H,13H2,(H,32,33). The van der Waals surface area contributed by atoms with Crippen molar-refractivity contribution >= 4 is 17.6 Å².